The predicted octanol–water partition coefficient (Wildman–Crippen LogP) is 2.90. The molecule has 0 spiro atoms. The first-order chi connectivity index (χ1) is 9.19. The normalized spacial score (nSPS) is 10.8. The minimum Gasteiger partial charge on any atom is -0.464 e. The number of pyridine rings is 1. The molecule has 3 aromatic heterocycles. The third kappa shape index (κ3) is 2.09. The van der Waals surface area contributed by atoms with Gasteiger partial charge in [-0.2, -0.15) is 0 Å². The number of hydrogen-bond acceptors (Lipinski definition) is 5. The van der Waals surface area contributed by atoms with Gasteiger partial charge in [-0.1, -0.05) is 11.6 Å². The van der Waals surface area contributed by atoms with Crippen LogP contribution in [-0.4, -0.2) is 27.4 Å². The van der Waals surface area contributed by atoms with E-state index < -0.39 is 5.97 Å². The number of esters is 1. The largest absolute Gasteiger partial charge is 0.464 e. The number of halogens is 1. The van der Waals surface area contributed by atoms with Crippen molar-refractivity contribution in [3.63, 3.8) is 0 Å². The molecule has 0 N–H and O–H groups in total. The molecule has 96 valence electrons. The summed E-state index contributed by atoms with van der Waals surface area (Å²) in [5.41, 5.74) is 1.62. The van der Waals surface area contributed by atoms with E-state index in [9.17, 15) is 4.79 Å². The summed E-state index contributed by atoms with van der Waals surface area (Å²) < 4.78 is 6.50. The van der Waals surface area contributed by atoms with E-state index in [0.717, 1.165) is 16.2 Å². The molecule has 0 aliphatic carbocycles. The van der Waals surface area contributed by atoms with Crippen molar-refractivity contribution in [2.24, 2.45) is 0 Å². The van der Waals surface area contributed by atoms with Gasteiger partial charge in [0.1, 0.15) is 5.65 Å². The van der Waals surface area contributed by atoms with E-state index >= 15 is 0 Å². The molecule has 0 unspecified atom stereocenters. The number of thiazole rings is 1. The summed E-state index contributed by atoms with van der Waals surface area (Å²) >= 11 is 7.23. The highest BCUT2D eigenvalue weighted by atomic mass is 35.5. The molecular formula is C12H8ClN3O2S. The van der Waals surface area contributed by atoms with E-state index in [1.54, 1.807) is 24.7 Å². The summed E-state index contributed by atoms with van der Waals surface area (Å²) in [6.45, 7) is 0. The Morgan fingerprint density at radius 1 is 1.37 bits per heavy atom. The number of imidazole rings is 1. The van der Waals surface area contributed by atoms with Gasteiger partial charge in [0.05, 0.1) is 28.9 Å². The standard InChI is InChI=1S/C12H8ClN3O2S/c1-18-12(17)11-15-5-9(19-11)8-4-14-10-3-2-7(13)6-16(8)10/h2-6H,1H3. The van der Waals surface area contributed by atoms with E-state index in [-0.39, 0.29) is 0 Å². The van der Waals surface area contributed by atoms with Crippen LogP contribution in [0.2, 0.25) is 5.02 Å². The third-order valence-electron chi connectivity index (χ3n) is 2.59. The number of fused-ring (bicyclic) bond motifs is 1. The van der Waals surface area contributed by atoms with E-state index in [0.29, 0.717) is 10.0 Å². The van der Waals surface area contributed by atoms with Gasteiger partial charge in [-0.15, -0.1) is 11.3 Å². The maximum atomic E-state index is 11.4. The van der Waals surface area contributed by atoms with Crippen molar-refractivity contribution in [3.05, 3.63) is 40.8 Å². The van der Waals surface area contributed by atoms with E-state index in [1.807, 2.05) is 10.5 Å². The number of carbonyl (C=O) groups is 1. The van der Waals surface area contributed by atoms with Crippen molar-refractivity contribution in [1.29, 1.82) is 0 Å². The molecule has 0 amide bonds. The number of nitrogens with zero attached hydrogens (tertiary/aromatic N) is 3. The van der Waals surface area contributed by atoms with E-state index in [4.69, 9.17) is 11.6 Å². The van der Waals surface area contributed by atoms with Crippen molar-refractivity contribution in [1.82, 2.24) is 14.4 Å². The number of rotatable bonds is 2. The minimum atomic E-state index is -0.442. The average molecular weight is 294 g/mol. The quantitative estimate of drug-likeness (QED) is 0.682. The second kappa shape index (κ2) is 4.64. The van der Waals surface area contributed by atoms with Crippen LogP contribution in [0.3, 0.4) is 0 Å². The van der Waals surface area contributed by atoms with Crippen LogP contribution >= 0.6 is 22.9 Å². The highest BCUT2D eigenvalue weighted by Crippen LogP contribution is 2.27. The zero-order valence-corrected chi connectivity index (χ0v) is 11.4. The molecule has 3 aromatic rings. The molecule has 0 fully saturated rings. The van der Waals surface area contributed by atoms with Gasteiger partial charge in [0.15, 0.2) is 0 Å². The van der Waals surface area contributed by atoms with Crippen LogP contribution in [0.15, 0.2) is 30.7 Å². The van der Waals surface area contributed by atoms with Crippen molar-refractivity contribution in [3.8, 4) is 10.6 Å². The second-order valence-corrected chi connectivity index (χ2v) is 5.21. The molecule has 0 aromatic carbocycles. The Bertz CT molecular complexity index is 765. The maximum absolute atomic E-state index is 11.4. The molecule has 5 nitrogen and oxygen atoms in total. The van der Waals surface area contributed by atoms with Crippen molar-refractivity contribution >= 4 is 34.6 Å². The zero-order valence-electron chi connectivity index (χ0n) is 9.83. The summed E-state index contributed by atoms with van der Waals surface area (Å²) in [4.78, 5) is 20.5. The second-order valence-electron chi connectivity index (χ2n) is 3.74. The summed E-state index contributed by atoms with van der Waals surface area (Å²) in [6, 6.07) is 3.61. The van der Waals surface area contributed by atoms with Crippen LogP contribution in [0.4, 0.5) is 0 Å². The van der Waals surface area contributed by atoms with Gasteiger partial charge in [0.25, 0.3) is 0 Å². The smallest absolute Gasteiger partial charge is 0.367 e. The molecule has 0 bridgehead atoms. The lowest BCUT2D eigenvalue weighted by Crippen LogP contribution is -1.98. The Kier molecular flexibility index (Phi) is 2.96. The summed E-state index contributed by atoms with van der Waals surface area (Å²) in [6.07, 6.45) is 5.12. The molecule has 0 aliphatic heterocycles. The van der Waals surface area contributed by atoms with Crippen LogP contribution < -0.4 is 0 Å². The number of hydrogen-bond donors (Lipinski definition) is 0. The van der Waals surface area contributed by atoms with Crippen LogP contribution in [-0.2, 0) is 4.74 Å². The van der Waals surface area contributed by atoms with Gasteiger partial charge in [-0.05, 0) is 12.1 Å². The minimum absolute atomic E-state index is 0.314. The first-order valence-electron chi connectivity index (χ1n) is 5.36. The van der Waals surface area contributed by atoms with Crippen molar-refractivity contribution in [2.75, 3.05) is 7.11 Å². The van der Waals surface area contributed by atoms with Gasteiger partial charge >= 0.3 is 5.97 Å². The number of ether oxygens (including phenoxy) is 1. The molecule has 0 aliphatic rings. The van der Waals surface area contributed by atoms with Gasteiger partial charge in [-0.25, -0.2) is 14.8 Å². The SMILES string of the molecule is COC(=O)c1ncc(-c2cnc3ccc(Cl)cn23)s1. The zero-order chi connectivity index (χ0) is 13.4. The highest BCUT2D eigenvalue weighted by Gasteiger charge is 2.14. The molecular weight excluding hydrogens is 286 g/mol. The molecule has 7 heteroatoms. The van der Waals surface area contributed by atoms with Crippen LogP contribution in [0, 0.1) is 0 Å². The number of methoxy groups -OCH3 is 1. The monoisotopic (exact) mass is 293 g/mol. The first kappa shape index (κ1) is 12.1. The number of aromatic nitrogens is 3. The molecule has 3 rings (SSSR count). The lowest BCUT2D eigenvalue weighted by atomic mass is 10.4. The summed E-state index contributed by atoms with van der Waals surface area (Å²) in [7, 11) is 1.33. The van der Waals surface area contributed by atoms with Gasteiger partial charge < -0.3 is 4.74 Å². The van der Waals surface area contributed by atoms with Gasteiger partial charge in [-0.3, -0.25) is 4.40 Å². The van der Waals surface area contributed by atoms with Crippen LogP contribution in [0.1, 0.15) is 9.80 Å². The fraction of sp³-hybridized carbons (Fsp3) is 0.0833. The Morgan fingerprint density at radius 3 is 3.00 bits per heavy atom. The van der Waals surface area contributed by atoms with Crippen LogP contribution in [0.5, 0.6) is 0 Å². The molecule has 19 heavy (non-hydrogen) atoms. The van der Waals surface area contributed by atoms with Gasteiger partial charge in [0.2, 0.25) is 5.01 Å². The Hall–Kier alpha value is -1.92. The molecule has 3 heterocycles. The summed E-state index contributed by atoms with van der Waals surface area (Å²) in [5, 5.41) is 0.930. The Morgan fingerprint density at radius 2 is 2.21 bits per heavy atom. The average Bonchev–Trinajstić information content (AvgIpc) is 3.03. The summed E-state index contributed by atoms with van der Waals surface area (Å²) in [5.74, 6) is -0.442. The Balaban J connectivity index is 2.11. The molecule has 0 saturated heterocycles. The highest BCUT2D eigenvalue weighted by molar-refractivity contribution is 7.16. The predicted molar refractivity (Wildman–Crippen MR) is 72.6 cm³/mol. The molecule has 0 atom stereocenters. The topological polar surface area (TPSA) is 56.5 Å². The fourth-order valence-corrected chi connectivity index (χ4v) is 2.71. The van der Waals surface area contributed by atoms with E-state index in [2.05, 4.69) is 14.7 Å². The molecule has 0 saturated carbocycles. The van der Waals surface area contributed by atoms with Gasteiger partial charge in [0, 0.05) is 12.4 Å². The lowest BCUT2D eigenvalue weighted by Gasteiger charge is -1.98. The first-order valence-corrected chi connectivity index (χ1v) is 6.55. The van der Waals surface area contributed by atoms with Crippen molar-refractivity contribution in [2.45, 2.75) is 0 Å². The van der Waals surface area contributed by atoms with Crippen LogP contribution in [0.25, 0.3) is 16.2 Å². The number of carbonyl (C=O) groups excluding carboxylic acids is 1. The van der Waals surface area contributed by atoms with E-state index in [1.165, 1.54) is 18.4 Å². The maximum Gasteiger partial charge on any atom is 0.367 e. The van der Waals surface area contributed by atoms with Crippen molar-refractivity contribution < 1.29 is 9.53 Å². The Labute approximate surface area is 117 Å². The lowest BCUT2D eigenvalue weighted by molar-refractivity contribution is 0.0600. The third-order valence-corrected chi connectivity index (χ3v) is 3.81. The molecule has 0 radical (unpaired) electrons. The fourth-order valence-electron chi connectivity index (χ4n) is 1.71.